The second-order valence-electron chi connectivity index (χ2n) is 15.0. The van der Waals surface area contributed by atoms with Crippen LogP contribution in [0.1, 0.15) is 24.3 Å². The van der Waals surface area contributed by atoms with Gasteiger partial charge in [0, 0.05) is 57.7 Å². The fourth-order valence-electron chi connectivity index (χ4n) is 8.83. The van der Waals surface area contributed by atoms with Crippen LogP contribution in [0.15, 0.2) is 186 Å². The molecular formula is C52H38F3NO. The maximum Gasteiger partial charge on any atom is 0.143 e. The van der Waals surface area contributed by atoms with Crippen LogP contribution < -0.4 is 4.90 Å². The van der Waals surface area contributed by atoms with Crippen molar-refractivity contribution in [2.45, 2.75) is 37.3 Å². The SMILES string of the molecule is FC1CC(F)C(c2ccc(N(c3ccccc3)c3ccc(-c4ccc5c6ccccc6c6c(-c7ccccc7)c(-c7ccccc7)oc6c5c4)cc3)cc2)C(F)C1. The van der Waals surface area contributed by atoms with E-state index in [1.807, 2.05) is 66.7 Å². The minimum atomic E-state index is -1.55. The van der Waals surface area contributed by atoms with Gasteiger partial charge in [-0.25, -0.2) is 13.2 Å². The summed E-state index contributed by atoms with van der Waals surface area (Å²) in [6, 6.07) is 61.8. The molecule has 0 spiro atoms. The number of nitrogens with zero attached hydrogens (tertiary/aromatic N) is 1. The van der Waals surface area contributed by atoms with E-state index in [-0.39, 0.29) is 12.8 Å². The summed E-state index contributed by atoms with van der Waals surface area (Å²) in [5.41, 5.74) is 9.46. The predicted octanol–water partition coefficient (Wildman–Crippen LogP) is 15.1. The Morgan fingerprint density at radius 2 is 0.947 bits per heavy atom. The molecule has 0 saturated heterocycles. The number of hydrogen-bond donors (Lipinski definition) is 0. The third-order valence-electron chi connectivity index (χ3n) is 11.5. The molecule has 0 amide bonds. The van der Waals surface area contributed by atoms with Crippen molar-refractivity contribution >= 4 is 49.6 Å². The molecule has 8 aromatic carbocycles. The van der Waals surface area contributed by atoms with Gasteiger partial charge in [0.1, 0.15) is 29.9 Å². The zero-order valence-corrected chi connectivity index (χ0v) is 31.0. The van der Waals surface area contributed by atoms with E-state index in [2.05, 4.69) is 108 Å². The van der Waals surface area contributed by atoms with E-state index >= 15 is 0 Å². The molecule has 1 aliphatic carbocycles. The summed E-state index contributed by atoms with van der Waals surface area (Å²) in [5.74, 6) is -0.118. The molecule has 1 saturated carbocycles. The summed E-state index contributed by atoms with van der Waals surface area (Å²) in [4.78, 5) is 2.13. The third-order valence-corrected chi connectivity index (χ3v) is 11.5. The van der Waals surface area contributed by atoms with Gasteiger partial charge in [-0.05, 0) is 80.9 Å². The first-order valence-corrected chi connectivity index (χ1v) is 19.5. The zero-order chi connectivity index (χ0) is 38.5. The Balaban J connectivity index is 1.07. The van der Waals surface area contributed by atoms with E-state index in [1.165, 1.54) is 5.39 Å². The minimum absolute atomic E-state index is 0.265. The first-order valence-electron chi connectivity index (χ1n) is 19.5. The fourth-order valence-corrected chi connectivity index (χ4v) is 8.83. The van der Waals surface area contributed by atoms with Crippen molar-refractivity contribution in [3.8, 4) is 33.6 Å². The molecule has 1 aliphatic rings. The lowest BCUT2D eigenvalue weighted by atomic mass is 9.80. The van der Waals surface area contributed by atoms with Crippen molar-refractivity contribution in [1.29, 1.82) is 0 Å². The Morgan fingerprint density at radius 3 is 1.60 bits per heavy atom. The topological polar surface area (TPSA) is 16.4 Å². The first kappa shape index (κ1) is 34.9. The predicted molar refractivity (Wildman–Crippen MR) is 229 cm³/mol. The number of alkyl halides is 3. The quantitative estimate of drug-likeness (QED) is 0.151. The second-order valence-corrected chi connectivity index (χ2v) is 15.0. The van der Waals surface area contributed by atoms with Gasteiger partial charge >= 0.3 is 0 Å². The van der Waals surface area contributed by atoms with Gasteiger partial charge in [0.05, 0.1) is 0 Å². The number of benzene rings is 8. The third kappa shape index (κ3) is 6.24. The number of halogens is 3. The largest absolute Gasteiger partial charge is 0.455 e. The van der Waals surface area contributed by atoms with Gasteiger partial charge in [-0.15, -0.1) is 0 Å². The van der Waals surface area contributed by atoms with Crippen LogP contribution in [0.3, 0.4) is 0 Å². The molecule has 2 atom stereocenters. The number of hydrogen-bond acceptors (Lipinski definition) is 2. The van der Waals surface area contributed by atoms with Crippen molar-refractivity contribution < 1.29 is 17.6 Å². The number of fused-ring (bicyclic) bond motifs is 6. The van der Waals surface area contributed by atoms with Gasteiger partial charge in [0.2, 0.25) is 0 Å². The molecule has 5 heteroatoms. The molecule has 57 heavy (non-hydrogen) atoms. The molecule has 1 fully saturated rings. The van der Waals surface area contributed by atoms with Crippen LogP contribution in [-0.4, -0.2) is 18.5 Å². The minimum Gasteiger partial charge on any atom is -0.455 e. The maximum atomic E-state index is 14.9. The molecule has 9 aromatic rings. The molecule has 0 N–H and O–H groups in total. The van der Waals surface area contributed by atoms with Crippen LogP contribution in [0.4, 0.5) is 30.2 Å². The Kier molecular flexibility index (Phi) is 8.86. The van der Waals surface area contributed by atoms with Crippen LogP contribution >= 0.6 is 0 Å². The van der Waals surface area contributed by atoms with Crippen LogP contribution in [-0.2, 0) is 0 Å². The summed E-state index contributed by atoms with van der Waals surface area (Å²) in [7, 11) is 0. The fraction of sp³-hybridized carbons (Fsp3) is 0.115. The van der Waals surface area contributed by atoms with Crippen molar-refractivity contribution in [1.82, 2.24) is 0 Å². The molecule has 0 bridgehead atoms. The first-order chi connectivity index (χ1) is 28.0. The number of para-hydroxylation sites is 1. The molecule has 2 nitrogen and oxygen atoms in total. The summed E-state index contributed by atoms with van der Waals surface area (Å²) in [6.45, 7) is 0. The number of rotatable bonds is 7. The molecule has 278 valence electrons. The highest BCUT2D eigenvalue weighted by molar-refractivity contribution is 6.28. The molecule has 10 rings (SSSR count). The molecule has 0 radical (unpaired) electrons. The summed E-state index contributed by atoms with van der Waals surface area (Å²) >= 11 is 0. The molecule has 1 heterocycles. The van der Waals surface area contributed by atoms with E-state index < -0.39 is 24.4 Å². The average molecular weight is 750 g/mol. The summed E-state index contributed by atoms with van der Waals surface area (Å²) in [5, 5.41) is 5.59. The number of furan rings is 1. The summed E-state index contributed by atoms with van der Waals surface area (Å²) < 4.78 is 50.7. The average Bonchev–Trinajstić information content (AvgIpc) is 3.67. The van der Waals surface area contributed by atoms with Crippen molar-refractivity contribution in [2.75, 3.05) is 4.90 Å². The smallest absolute Gasteiger partial charge is 0.143 e. The van der Waals surface area contributed by atoms with Crippen molar-refractivity contribution in [3.63, 3.8) is 0 Å². The lowest BCUT2D eigenvalue weighted by molar-refractivity contribution is 0.0672. The normalized spacial score (nSPS) is 18.3. The number of anilines is 3. The van der Waals surface area contributed by atoms with Crippen LogP contribution in [0.2, 0.25) is 0 Å². The van der Waals surface area contributed by atoms with Gasteiger partial charge in [0.15, 0.2) is 0 Å². The van der Waals surface area contributed by atoms with E-state index in [0.29, 0.717) is 5.56 Å². The van der Waals surface area contributed by atoms with Gasteiger partial charge < -0.3 is 9.32 Å². The zero-order valence-electron chi connectivity index (χ0n) is 31.0. The maximum absolute atomic E-state index is 14.9. The molecular weight excluding hydrogens is 712 g/mol. The Labute approximate surface area is 329 Å². The highest BCUT2D eigenvalue weighted by Crippen LogP contribution is 2.48. The Hall–Kier alpha value is -6.59. The van der Waals surface area contributed by atoms with E-state index in [9.17, 15) is 13.2 Å². The van der Waals surface area contributed by atoms with Gasteiger partial charge in [-0.3, -0.25) is 0 Å². The molecule has 2 unspecified atom stereocenters. The van der Waals surface area contributed by atoms with E-state index in [4.69, 9.17) is 4.42 Å². The van der Waals surface area contributed by atoms with Gasteiger partial charge in [-0.2, -0.15) is 0 Å². The molecule has 1 aromatic heterocycles. The Bertz CT molecular complexity index is 2830. The van der Waals surface area contributed by atoms with Crippen LogP contribution in [0, 0.1) is 0 Å². The lowest BCUT2D eigenvalue weighted by Crippen LogP contribution is -2.34. The van der Waals surface area contributed by atoms with Gasteiger partial charge in [0.25, 0.3) is 0 Å². The Morgan fingerprint density at radius 1 is 0.439 bits per heavy atom. The van der Waals surface area contributed by atoms with E-state index in [0.717, 1.165) is 77.8 Å². The second kappa shape index (κ2) is 14.5. The standard InChI is InChI=1S/C52H38F3NO/c53-38-31-46(54)48(47(55)32-38)35-22-27-41(28-23-35)56(39-16-8-3-9-17-39)40-25-20-33(21-26-40)37-24-29-43-42-18-10-11-19-44(42)50-49(34-12-4-1-5-13-34)51(36-14-6-2-7-15-36)57-52(50)45(43)30-37/h1-30,38,46-48H,31-32H2. The van der Waals surface area contributed by atoms with Crippen molar-refractivity contribution in [2.24, 2.45) is 0 Å². The monoisotopic (exact) mass is 749 g/mol. The van der Waals surface area contributed by atoms with Crippen LogP contribution in [0.25, 0.3) is 66.1 Å². The lowest BCUT2D eigenvalue weighted by Gasteiger charge is -2.32. The summed E-state index contributed by atoms with van der Waals surface area (Å²) in [6.07, 6.45) is -5.08. The van der Waals surface area contributed by atoms with Crippen LogP contribution in [0.5, 0.6) is 0 Å². The van der Waals surface area contributed by atoms with Gasteiger partial charge in [-0.1, -0.05) is 140 Å². The highest BCUT2D eigenvalue weighted by Gasteiger charge is 2.39. The molecule has 0 aliphatic heterocycles. The van der Waals surface area contributed by atoms with Crippen molar-refractivity contribution in [3.05, 3.63) is 188 Å². The highest BCUT2D eigenvalue weighted by atomic mass is 19.2. The van der Waals surface area contributed by atoms with E-state index in [1.54, 1.807) is 12.1 Å².